The summed E-state index contributed by atoms with van der Waals surface area (Å²) in [5.74, 6) is 1.01. The minimum atomic E-state index is -0.358. The molecule has 2 N–H and O–H groups in total. The highest BCUT2D eigenvalue weighted by Gasteiger charge is 2.12. The second kappa shape index (κ2) is 7.49. The Morgan fingerprint density at radius 2 is 1.70 bits per heavy atom. The molecule has 0 aliphatic carbocycles. The smallest absolute Gasteiger partial charge is 0.323 e. The summed E-state index contributed by atoms with van der Waals surface area (Å²) in [6, 6.07) is 10.7. The SMILES string of the molecule is COc1ccc(NC(=O)Nc2ccccc2C(C)C)c(OC)n1. The van der Waals surface area contributed by atoms with Crippen molar-refractivity contribution in [3.63, 3.8) is 0 Å². The van der Waals surface area contributed by atoms with E-state index in [1.807, 2.05) is 24.3 Å². The monoisotopic (exact) mass is 315 g/mol. The fourth-order valence-corrected chi connectivity index (χ4v) is 2.18. The third kappa shape index (κ3) is 4.12. The normalized spacial score (nSPS) is 10.3. The van der Waals surface area contributed by atoms with Gasteiger partial charge in [0.15, 0.2) is 0 Å². The van der Waals surface area contributed by atoms with E-state index in [4.69, 9.17) is 9.47 Å². The number of hydrogen-bond acceptors (Lipinski definition) is 4. The van der Waals surface area contributed by atoms with Gasteiger partial charge in [-0.05, 0) is 23.6 Å². The third-order valence-corrected chi connectivity index (χ3v) is 3.32. The number of ether oxygens (including phenoxy) is 2. The van der Waals surface area contributed by atoms with Crippen LogP contribution in [0.3, 0.4) is 0 Å². The lowest BCUT2D eigenvalue weighted by Gasteiger charge is -2.15. The number of aromatic nitrogens is 1. The van der Waals surface area contributed by atoms with Crippen molar-refractivity contribution in [3.8, 4) is 11.8 Å². The van der Waals surface area contributed by atoms with Crippen molar-refractivity contribution in [1.29, 1.82) is 0 Å². The van der Waals surface area contributed by atoms with Crippen LogP contribution in [-0.2, 0) is 0 Å². The first-order valence-corrected chi connectivity index (χ1v) is 7.31. The van der Waals surface area contributed by atoms with E-state index in [1.165, 1.54) is 14.2 Å². The highest BCUT2D eigenvalue weighted by atomic mass is 16.5. The minimum absolute atomic E-state index is 0.289. The average Bonchev–Trinajstić information content (AvgIpc) is 2.55. The van der Waals surface area contributed by atoms with Gasteiger partial charge in [-0.3, -0.25) is 0 Å². The van der Waals surface area contributed by atoms with E-state index in [-0.39, 0.29) is 11.9 Å². The third-order valence-electron chi connectivity index (χ3n) is 3.32. The molecule has 6 heteroatoms. The summed E-state index contributed by atoms with van der Waals surface area (Å²) in [7, 11) is 3.00. The van der Waals surface area contributed by atoms with Gasteiger partial charge in [-0.15, -0.1) is 0 Å². The molecule has 2 rings (SSSR count). The molecule has 0 aliphatic heterocycles. The number of para-hydroxylation sites is 1. The molecule has 1 heterocycles. The molecule has 0 unspecified atom stereocenters. The summed E-state index contributed by atoms with van der Waals surface area (Å²) in [5.41, 5.74) is 2.32. The van der Waals surface area contributed by atoms with Crippen molar-refractivity contribution < 1.29 is 14.3 Å². The Hall–Kier alpha value is -2.76. The lowest BCUT2D eigenvalue weighted by Crippen LogP contribution is -2.21. The number of hydrogen-bond donors (Lipinski definition) is 2. The summed E-state index contributed by atoms with van der Waals surface area (Å²) in [6.45, 7) is 4.16. The number of anilines is 2. The molecule has 0 saturated carbocycles. The van der Waals surface area contributed by atoms with Crippen LogP contribution in [0.25, 0.3) is 0 Å². The van der Waals surface area contributed by atoms with Crippen LogP contribution in [0.5, 0.6) is 11.8 Å². The molecule has 0 radical (unpaired) electrons. The van der Waals surface area contributed by atoms with E-state index < -0.39 is 0 Å². The molecule has 0 spiro atoms. The van der Waals surface area contributed by atoms with Crippen molar-refractivity contribution in [2.24, 2.45) is 0 Å². The summed E-state index contributed by atoms with van der Waals surface area (Å²) < 4.78 is 10.2. The zero-order chi connectivity index (χ0) is 16.8. The number of urea groups is 1. The summed E-state index contributed by atoms with van der Waals surface area (Å²) in [4.78, 5) is 16.4. The molecule has 2 aromatic rings. The maximum atomic E-state index is 12.2. The molecular weight excluding hydrogens is 294 g/mol. The maximum Gasteiger partial charge on any atom is 0.323 e. The molecule has 1 aromatic heterocycles. The zero-order valence-electron chi connectivity index (χ0n) is 13.7. The standard InChI is InChI=1S/C17H21N3O3/c1-11(2)12-7-5-6-8-13(12)18-17(21)19-14-9-10-15(22-3)20-16(14)23-4/h5-11H,1-4H3,(H2,18,19,21). The van der Waals surface area contributed by atoms with Crippen LogP contribution in [-0.4, -0.2) is 25.2 Å². The minimum Gasteiger partial charge on any atom is -0.481 e. The molecular formula is C17H21N3O3. The van der Waals surface area contributed by atoms with Gasteiger partial charge < -0.3 is 20.1 Å². The average molecular weight is 315 g/mol. The summed E-state index contributed by atoms with van der Waals surface area (Å²) in [6.07, 6.45) is 0. The van der Waals surface area contributed by atoms with Crippen LogP contribution in [0.2, 0.25) is 0 Å². The Bertz CT molecular complexity index is 687. The quantitative estimate of drug-likeness (QED) is 0.878. The number of benzene rings is 1. The first kappa shape index (κ1) is 16.6. The van der Waals surface area contributed by atoms with E-state index in [9.17, 15) is 4.79 Å². The lowest BCUT2D eigenvalue weighted by molar-refractivity contribution is 0.262. The number of amides is 2. The summed E-state index contributed by atoms with van der Waals surface area (Å²) >= 11 is 0. The zero-order valence-corrected chi connectivity index (χ0v) is 13.7. The molecule has 0 aliphatic rings. The van der Waals surface area contributed by atoms with Crippen molar-refractivity contribution in [2.75, 3.05) is 24.9 Å². The maximum absolute atomic E-state index is 12.2. The number of nitrogens with one attached hydrogen (secondary N) is 2. The van der Waals surface area contributed by atoms with Crippen LogP contribution in [0.15, 0.2) is 36.4 Å². The highest BCUT2D eigenvalue weighted by molar-refractivity contribution is 6.01. The second-order valence-electron chi connectivity index (χ2n) is 5.23. The lowest BCUT2D eigenvalue weighted by atomic mass is 10.0. The van der Waals surface area contributed by atoms with Gasteiger partial charge >= 0.3 is 6.03 Å². The van der Waals surface area contributed by atoms with Crippen molar-refractivity contribution >= 4 is 17.4 Å². The predicted molar refractivity (Wildman–Crippen MR) is 90.5 cm³/mol. The van der Waals surface area contributed by atoms with Gasteiger partial charge in [-0.1, -0.05) is 32.0 Å². The van der Waals surface area contributed by atoms with Gasteiger partial charge in [0.05, 0.1) is 14.2 Å². The molecule has 0 atom stereocenters. The van der Waals surface area contributed by atoms with E-state index in [2.05, 4.69) is 29.5 Å². The molecule has 23 heavy (non-hydrogen) atoms. The van der Waals surface area contributed by atoms with E-state index in [0.717, 1.165) is 11.3 Å². The highest BCUT2D eigenvalue weighted by Crippen LogP contribution is 2.26. The van der Waals surface area contributed by atoms with Crippen LogP contribution in [0, 0.1) is 0 Å². The number of carbonyl (C=O) groups excluding carboxylic acids is 1. The second-order valence-corrected chi connectivity index (χ2v) is 5.23. The van der Waals surface area contributed by atoms with Gasteiger partial charge in [0.25, 0.3) is 0 Å². The van der Waals surface area contributed by atoms with Crippen molar-refractivity contribution in [2.45, 2.75) is 19.8 Å². The molecule has 1 aromatic carbocycles. The first-order chi connectivity index (χ1) is 11.0. The fourth-order valence-electron chi connectivity index (χ4n) is 2.18. The Morgan fingerprint density at radius 1 is 1.00 bits per heavy atom. The molecule has 122 valence electrons. The van der Waals surface area contributed by atoms with Gasteiger partial charge in [0.2, 0.25) is 11.8 Å². The largest absolute Gasteiger partial charge is 0.481 e. The number of carbonyl (C=O) groups is 1. The Labute approximate surface area is 135 Å². The number of rotatable bonds is 5. The van der Waals surface area contributed by atoms with E-state index >= 15 is 0 Å². The predicted octanol–water partition coefficient (Wildman–Crippen LogP) is 3.87. The molecule has 0 fully saturated rings. The van der Waals surface area contributed by atoms with Gasteiger partial charge in [0.1, 0.15) is 5.69 Å². The van der Waals surface area contributed by atoms with Crippen molar-refractivity contribution in [1.82, 2.24) is 4.98 Å². The molecule has 2 amide bonds. The number of pyridine rings is 1. The Balaban J connectivity index is 2.14. The summed E-state index contributed by atoms with van der Waals surface area (Å²) in [5, 5.41) is 5.59. The van der Waals surface area contributed by atoms with Crippen LogP contribution in [0.4, 0.5) is 16.2 Å². The molecule has 6 nitrogen and oxygen atoms in total. The van der Waals surface area contributed by atoms with Gasteiger partial charge in [0, 0.05) is 11.8 Å². The van der Waals surface area contributed by atoms with Gasteiger partial charge in [-0.25, -0.2) is 4.79 Å². The first-order valence-electron chi connectivity index (χ1n) is 7.31. The van der Waals surface area contributed by atoms with Crippen molar-refractivity contribution in [3.05, 3.63) is 42.0 Å². The molecule has 0 bridgehead atoms. The van der Waals surface area contributed by atoms with Crippen LogP contribution < -0.4 is 20.1 Å². The number of nitrogens with zero attached hydrogens (tertiary/aromatic N) is 1. The topological polar surface area (TPSA) is 72.5 Å². The number of methoxy groups -OCH3 is 2. The molecule has 0 saturated heterocycles. The van der Waals surface area contributed by atoms with Crippen LogP contribution in [0.1, 0.15) is 25.3 Å². The Morgan fingerprint density at radius 3 is 2.35 bits per heavy atom. The van der Waals surface area contributed by atoms with Crippen LogP contribution >= 0.6 is 0 Å². The van der Waals surface area contributed by atoms with E-state index in [0.29, 0.717) is 17.5 Å². The van der Waals surface area contributed by atoms with E-state index in [1.54, 1.807) is 12.1 Å². The Kier molecular flexibility index (Phi) is 5.41. The fraction of sp³-hybridized carbons (Fsp3) is 0.294. The van der Waals surface area contributed by atoms with Gasteiger partial charge in [-0.2, -0.15) is 4.98 Å².